The van der Waals surface area contributed by atoms with Gasteiger partial charge in [-0.2, -0.15) is 0 Å². The summed E-state index contributed by atoms with van der Waals surface area (Å²) in [5.41, 5.74) is -0.362. The van der Waals surface area contributed by atoms with Crippen LogP contribution in [-0.4, -0.2) is 11.5 Å². The maximum absolute atomic E-state index is 10.4. The summed E-state index contributed by atoms with van der Waals surface area (Å²) in [5, 5.41) is 0. The van der Waals surface area contributed by atoms with Crippen LogP contribution in [0.5, 0.6) is 0 Å². The lowest BCUT2D eigenvalue weighted by atomic mass is 9.78. The quantitative estimate of drug-likeness (QED) is 0.420. The fourth-order valence-electron chi connectivity index (χ4n) is 1.04. The Morgan fingerprint density at radius 2 is 2.36 bits per heavy atom. The molecular formula is C10H16O3P+. The maximum atomic E-state index is 10.4. The molecule has 0 fully saturated rings. The zero-order valence-corrected chi connectivity index (χ0v) is 9.46. The molecule has 0 aromatic heterocycles. The Labute approximate surface area is 86.1 Å². The molecule has 0 aromatic carbocycles. The van der Waals surface area contributed by atoms with Gasteiger partial charge >= 0.3 is 8.25 Å². The minimum Gasteiger partial charge on any atom is -0.133 e. The summed E-state index contributed by atoms with van der Waals surface area (Å²) >= 11 is 0. The second kappa shape index (κ2) is 5.93. The minimum absolute atomic E-state index is 0.0103. The van der Waals surface area contributed by atoms with Crippen LogP contribution in [-0.2, 0) is 9.09 Å². The van der Waals surface area contributed by atoms with Crippen molar-refractivity contribution in [2.75, 3.05) is 6.61 Å². The van der Waals surface area contributed by atoms with Crippen molar-refractivity contribution in [1.29, 1.82) is 0 Å². The van der Waals surface area contributed by atoms with Crippen LogP contribution in [0.25, 0.3) is 0 Å². The maximum Gasteiger partial charge on any atom is 0.694 e. The number of hydrogen-bond acceptors (Lipinski definition) is 2. The number of hydrogen-bond donors (Lipinski definition) is 1. The first-order chi connectivity index (χ1) is 6.44. The van der Waals surface area contributed by atoms with E-state index in [2.05, 4.69) is 17.0 Å². The summed E-state index contributed by atoms with van der Waals surface area (Å²) < 4.78 is 15.0. The highest BCUT2D eigenvalue weighted by Crippen LogP contribution is 2.31. The van der Waals surface area contributed by atoms with E-state index in [1.165, 1.54) is 0 Å². The predicted molar refractivity (Wildman–Crippen MR) is 56.7 cm³/mol. The van der Waals surface area contributed by atoms with E-state index in [9.17, 15) is 4.57 Å². The second-order valence-electron chi connectivity index (χ2n) is 3.62. The molecule has 0 aliphatic carbocycles. The SMILES string of the molecule is C#CC(C)(C)C(CC=C)CO[P+](=O)O. The van der Waals surface area contributed by atoms with Gasteiger partial charge in [-0.05, 0) is 20.3 Å². The lowest BCUT2D eigenvalue weighted by Gasteiger charge is -2.26. The molecule has 0 aliphatic heterocycles. The van der Waals surface area contributed by atoms with E-state index in [4.69, 9.17) is 11.3 Å². The van der Waals surface area contributed by atoms with E-state index in [1.807, 2.05) is 13.8 Å². The summed E-state index contributed by atoms with van der Waals surface area (Å²) in [7, 11) is -2.55. The van der Waals surface area contributed by atoms with Gasteiger partial charge < -0.3 is 0 Å². The lowest BCUT2D eigenvalue weighted by molar-refractivity contribution is 0.168. The standard InChI is InChI=1S/C10H15O3P/c1-5-7-9(8-13-14(11)12)10(3,4)6-2/h2,5,9H,1,7-8H2,3-4H3/p+1. The molecule has 0 rings (SSSR count). The van der Waals surface area contributed by atoms with Crippen LogP contribution in [0.2, 0.25) is 0 Å². The molecule has 0 aliphatic rings. The molecule has 78 valence electrons. The average molecular weight is 215 g/mol. The van der Waals surface area contributed by atoms with Crippen molar-refractivity contribution >= 4 is 8.25 Å². The highest BCUT2D eigenvalue weighted by molar-refractivity contribution is 7.32. The van der Waals surface area contributed by atoms with Crippen molar-refractivity contribution in [2.45, 2.75) is 20.3 Å². The van der Waals surface area contributed by atoms with E-state index in [1.54, 1.807) is 6.08 Å². The van der Waals surface area contributed by atoms with Crippen molar-refractivity contribution < 1.29 is 14.0 Å². The molecule has 14 heavy (non-hydrogen) atoms. The monoisotopic (exact) mass is 215 g/mol. The normalized spacial score (nSPS) is 14.3. The largest absolute Gasteiger partial charge is 0.694 e. The zero-order valence-electron chi connectivity index (χ0n) is 8.56. The zero-order chi connectivity index (χ0) is 11.2. The summed E-state index contributed by atoms with van der Waals surface area (Å²) in [5.74, 6) is 2.66. The van der Waals surface area contributed by atoms with Crippen molar-refractivity contribution in [2.24, 2.45) is 11.3 Å². The summed E-state index contributed by atoms with van der Waals surface area (Å²) in [6.45, 7) is 7.59. The van der Waals surface area contributed by atoms with Gasteiger partial charge in [-0.25, -0.2) is 0 Å². The van der Waals surface area contributed by atoms with Gasteiger partial charge in [-0.3, -0.25) is 0 Å². The van der Waals surface area contributed by atoms with Crippen LogP contribution >= 0.6 is 8.25 Å². The number of allylic oxidation sites excluding steroid dienone is 1. The smallest absolute Gasteiger partial charge is 0.133 e. The van der Waals surface area contributed by atoms with E-state index < -0.39 is 8.25 Å². The van der Waals surface area contributed by atoms with E-state index in [-0.39, 0.29) is 17.9 Å². The van der Waals surface area contributed by atoms with Gasteiger partial charge in [0.25, 0.3) is 0 Å². The third-order valence-electron chi connectivity index (χ3n) is 2.23. The molecule has 0 saturated carbocycles. The van der Waals surface area contributed by atoms with Gasteiger partial charge in [-0.1, -0.05) is 6.08 Å². The first-order valence-corrected chi connectivity index (χ1v) is 5.44. The summed E-state index contributed by atoms with van der Waals surface area (Å²) in [6, 6.07) is 0. The van der Waals surface area contributed by atoms with E-state index in [0.29, 0.717) is 6.42 Å². The number of rotatable bonds is 6. The first kappa shape index (κ1) is 13.3. The molecule has 0 aromatic rings. The molecule has 0 bridgehead atoms. The minimum atomic E-state index is -2.55. The van der Waals surface area contributed by atoms with Gasteiger partial charge in [0.2, 0.25) is 0 Å². The van der Waals surface area contributed by atoms with E-state index >= 15 is 0 Å². The van der Waals surface area contributed by atoms with Crippen molar-refractivity contribution in [3.63, 3.8) is 0 Å². The molecule has 2 unspecified atom stereocenters. The van der Waals surface area contributed by atoms with Crippen LogP contribution in [0.3, 0.4) is 0 Å². The molecule has 0 radical (unpaired) electrons. The molecule has 0 saturated heterocycles. The third kappa shape index (κ3) is 4.53. The predicted octanol–water partition coefficient (Wildman–Crippen LogP) is 2.50. The number of terminal acetylenes is 1. The highest BCUT2D eigenvalue weighted by Gasteiger charge is 2.29. The lowest BCUT2D eigenvalue weighted by Crippen LogP contribution is -2.25. The average Bonchev–Trinajstić information content (AvgIpc) is 2.11. The summed E-state index contributed by atoms with van der Waals surface area (Å²) in [4.78, 5) is 8.52. The Morgan fingerprint density at radius 1 is 1.79 bits per heavy atom. The van der Waals surface area contributed by atoms with Gasteiger partial charge in [0, 0.05) is 15.9 Å². The third-order valence-corrected chi connectivity index (χ3v) is 2.60. The molecular weight excluding hydrogens is 199 g/mol. The highest BCUT2D eigenvalue weighted by atomic mass is 31.1. The second-order valence-corrected chi connectivity index (χ2v) is 4.35. The fraction of sp³-hybridized carbons (Fsp3) is 0.600. The van der Waals surface area contributed by atoms with Crippen LogP contribution in [0.4, 0.5) is 0 Å². The molecule has 0 amide bonds. The Balaban J connectivity index is 4.37. The van der Waals surface area contributed by atoms with Gasteiger partial charge in [-0.15, -0.1) is 28.3 Å². The van der Waals surface area contributed by atoms with Crippen molar-refractivity contribution in [3.05, 3.63) is 12.7 Å². The van der Waals surface area contributed by atoms with Gasteiger partial charge in [0.1, 0.15) is 6.61 Å². The molecule has 4 heteroatoms. The Kier molecular flexibility index (Phi) is 5.64. The summed E-state index contributed by atoms with van der Waals surface area (Å²) in [6.07, 6.45) is 7.77. The van der Waals surface area contributed by atoms with Gasteiger partial charge in [0.05, 0.1) is 0 Å². The van der Waals surface area contributed by atoms with Crippen LogP contribution in [0.1, 0.15) is 20.3 Å². The molecule has 1 N–H and O–H groups in total. The Morgan fingerprint density at radius 3 is 2.71 bits per heavy atom. The topological polar surface area (TPSA) is 46.5 Å². The molecule has 0 heterocycles. The van der Waals surface area contributed by atoms with Crippen LogP contribution < -0.4 is 0 Å². The molecule has 0 spiro atoms. The van der Waals surface area contributed by atoms with Crippen LogP contribution in [0, 0.1) is 23.7 Å². The van der Waals surface area contributed by atoms with Crippen LogP contribution in [0.15, 0.2) is 12.7 Å². The first-order valence-electron chi connectivity index (χ1n) is 4.31. The van der Waals surface area contributed by atoms with Crippen molar-refractivity contribution in [1.82, 2.24) is 0 Å². The Hall–Kier alpha value is -0.680. The van der Waals surface area contributed by atoms with Crippen molar-refractivity contribution in [3.8, 4) is 12.3 Å². The van der Waals surface area contributed by atoms with Gasteiger partial charge in [0.15, 0.2) is 0 Å². The molecule has 3 nitrogen and oxygen atoms in total. The molecule has 2 atom stereocenters. The Bertz CT molecular complexity index is 253. The fourth-order valence-corrected chi connectivity index (χ4v) is 1.35. The van der Waals surface area contributed by atoms with E-state index in [0.717, 1.165) is 0 Å².